The molecule has 2 fully saturated rings. The van der Waals surface area contributed by atoms with Crippen molar-refractivity contribution < 1.29 is 9.18 Å². The number of likely N-dealkylation sites (tertiary alicyclic amines) is 1. The summed E-state index contributed by atoms with van der Waals surface area (Å²) in [5.74, 6) is 0.267. The summed E-state index contributed by atoms with van der Waals surface area (Å²) in [7, 11) is 0. The molecule has 2 atom stereocenters. The third-order valence-electron chi connectivity index (χ3n) is 5.91. The van der Waals surface area contributed by atoms with Crippen LogP contribution in [0.4, 0.5) is 4.39 Å². The van der Waals surface area contributed by atoms with Gasteiger partial charge >= 0.3 is 0 Å². The quantitative estimate of drug-likeness (QED) is 0.832. The summed E-state index contributed by atoms with van der Waals surface area (Å²) in [5.41, 5.74) is 6.99. The van der Waals surface area contributed by atoms with Crippen LogP contribution in [0.25, 0.3) is 0 Å². The molecule has 2 unspecified atom stereocenters. The summed E-state index contributed by atoms with van der Waals surface area (Å²) in [6, 6.07) is 6.56. The number of nitrogens with two attached hydrogens (primary N) is 1. The summed E-state index contributed by atoms with van der Waals surface area (Å²) in [6.45, 7) is 5.06. The van der Waals surface area contributed by atoms with Crippen LogP contribution in [0.2, 0.25) is 0 Å². The van der Waals surface area contributed by atoms with E-state index in [0.29, 0.717) is 19.0 Å². The van der Waals surface area contributed by atoms with Crippen molar-refractivity contribution in [3.63, 3.8) is 0 Å². The molecule has 1 heterocycles. The molecular formula is C20H30FN3O. The molecule has 3 N–H and O–H groups in total. The van der Waals surface area contributed by atoms with Crippen LogP contribution in [-0.4, -0.2) is 37.0 Å². The van der Waals surface area contributed by atoms with Crippen LogP contribution in [0, 0.1) is 17.2 Å². The van der Waals surface area contributed by atoms with Crippen molar-refractivity contribution in [3.8, 4) is 0 Å². The molecule has 1 saturated carbocycles. The standard InChI is InChI=1S/C20H30FN3O/c1-20(13-22)10-11-24(14-20)12-18(25)23-19(15-4-2-3-5-15)16-6-8-17(21)9-7-16/h6-9,15,19H,2-5,10-14,22H2,1H3,(H,23,25). The van der Waals surface area contributed by atoms with Crippen molar-refractivity contribution in [1.82, 2.24) is 10.2 Å². The molecule has 138 valence electrons. The van der Waals surface area contributed by atoms with E-state index in [1.807, 2.05) is 0 Å². The number of nitrogens with one attached hydrogen (secondary N) is 1. The van der Waals surface area contributed by atoms with Crippen LogP contribution in [0.1, 0.15) is 50.6 Å². The molecule has 0 bridgehead atoms. The van der Waals surface area contributed by atoms with Crippen LogP contribution in [0.15, 0.2) is 24.3 Å². The Morgan fingerprint density at radius 3 is 2.64 bits per heavy atom. The first-order chi connectivity index (χ1) is 12.0. The Kier molecular flexibility index (Phi) is 5.74. The molecule has 1 aromatic carbocycles. The van der Waals surface area contributed by atoms with Crippen molar-refractivity contribution in [3.05, 3.63) is 35.6 Å². The average molecular weight is 347 g/mol. The Labute approximate surface area is 150 Å². The predicted octanol–water partition coefficient (Wildman–Crippen LogP) is 2.84. The first kappa shape index (κ1) is 18.3. The van der Waals surface area contributed by atoms with E-state index in [1.165, 1.54) is 25.0 Å². The second kappa shape index (κ2) is 7.83. The molecule has 0 radical (unpaired) electrons. The normalized spacial score (nSPS) is 26.0. The van der Waals surface area contributed by atoms with Gasteiger partial charge in [0.05, 0.1) is 12.6 Å². The molecule has 1 aliphatic heterocycles. The van der Waals surface area contributed by atoms with Crippen molar-refractivity contribution in [1.29, 1.82) is 0 Å². The van der Waals surface area contributed by atoms with Crippen LogP contribution in [0.5, 0.6) is 0 Å². The minimum atomic E-state index is -0.238. The molecular weight excluding hydrogens is 317 g/mol. The second-order valence-electron chi connectivity index (χ2n) is 8.12. The summed E-state index contributed by atoms with van der Waals surface area (Å²) in [6.07, 6.45) is 5.70. The van der Waals surface area contributed by atoms with Gasteiger partial charge < -0.3 is 11.1 Å². The summed E-state index contributed by atoms with van der Waals surface area (Å²) in [4.78, 5) is 14.8. The van der Waals surface area contributed by atoms with E-state index in [0.717, 1.165) is 37.9 Å². The van der Waals surface area contributed by atoms with E-state index in [9.17, 15) is 9.18 Å². The van der Waals surface area contributed by atoms with Crippen molar-refractivity contribution in [2.45, 2.75) is 45.1 Å². The molecule has 1 aliphatic carbocycles. The monoisotopic (exact) mass is 347 g/mol. The highest BCUT2D eigenvalue weighted by Crippen LogP contribution is 2.36. The number of hydrogen-bond donors (Lipinski definition) is 2. The number of nitrogens with zero attached hydrogens (tertiary/aromatic N) is 1. The van der Waals surface area contributed by atoms with Crippen molar-refractivity contribution in [2.24, 2.45) is 17.1 Å². The van der Waals surface area contributed by atoms with E-state index in [1.54, 1.807) is 12.1 Å². The summed E-state index contributed by atoms with van der Waals surface area (Å²) < 4.78 is 13.3. The third-order valence-corrected chi connectivity index (χ3v) is 5.91. The fourth-order valence-corrected chi connectivity index (χ4v) is 4.28. The van der Waals surface area contributed by atoms with Crippen LogP contribution >= 0.6 is 0 Å². The van der Waals surface area contributed by atoms with Crippen molar-refractivity contribution >= 4 is 5.91 Å². The Hall–Kier alpha value is -1.46. The molecule has 1 amide bonds. The zero-order valence-electron chi connectivity index (χ0n) is 15.1. The van der Waals surface area contributed by atoms with Crippen LogP contribution < -0.4 is 11.1 Å². The van der Waals surface area contributed by atoms with Gasteiger partial charge in [-0.3, -0.25) is 9.69 Å². The van der Waals surface area contributed by atoms with E-state index in [4.69, 9.17) is 5.73 Å². The zero-order valence-corrected chi connectivity index (χ0v) is 15.1. The fraction of sp³-hybridized carbons (Fsp3) is 0.650. The first-order valence-corrected chi connectivity index (χ1v) is 9.46. The highest BCUT2D eigenvalue weighted by molar-refractivity contribution is 5.78. The molecule has 4 nitrogen and oxygen atoms in total. The molecule has 2 aliphatic rings. The number of hydrogen-bond acceptors (Lipinski definition) is 3. The molecule has 5 heteroatoms. The van der Waals surface area contributed by atoms with Gasteiger partial charge in [-0.1, -0.05) is 31.9 Å². The fourth-order valence-electron chi connectivity index (χ4n) is 4.28. The van der Waals surface area contributed by atoms with Gasteiger partial charge in [0.15, 0.2) is 0 Å². The number of benzene rings is 1. The van der Waals surface area contributed by atoms with Gasteiger partial charge in [-0.05, 0) is 61.4 Å². The lowest BCUT2D eigenvalue weighted by molar-refractivity contribution is -0.123. The minimum Gasteiger partial charge on any atom is -0.348 e. The maximum Gasteiger partial charge on any atom is 0.234 e. The van der Waals surface area contributed by atoms with Gasteiger partial charge in [0, 0.05) is 6.54 Å². The van der Waals surface area contributed by atoms with Gasteiger partial charge in [-0.2, -0.15) is 0 Å². The number of carbonyl (C=O) groups is 1. The molecule has 25 heavy (non-hydrogen) atoms. The second-order valence-corrected chi connectivity index (χ2v) is 8.12. The lowest BCUT2D eigenvalue weighted by atomic mass is 9.90. The number of rotatable bonds is 6. The Morgan fingerprint density at radius 1 is 1.36 bits per heavy atom. The highest BCUT2D eigenvalue weighted by atomic mass is 19.1. The van der Waals surface area contributed by atoms with E-state index < -0.39 is 0 Å². The minimum absolute atomic E-state index is 0.0147. The highest BCUT2D eigenvalue weighted by Gasteiger charge is 2.34. The van der Waals surface area contributed by atoms with Crippen LogP contribution in [-0.2, 0) is 4.79 Å². The van der Waals surface area contributed by atoms with Gasteiger partial charge in [-0.25, -0.2) is 4.39 Å². The lowest BCUT2D eigenvalue weighted by Crippen LogP contribution is -2.41. The average Bonchev–Trinajstić information content (AvgIpc) is 3.24. The van der Waals surface area contributed by atoms with Crippen molar-refractivity contribution in [2.75, 3.05) is 26.2 Å². The van der Waals surface area contributed by atoms with Gasteiger partial charge in [0.2, 0.25) is 5.91 Å². The lowest BCUT2D eigenvalue weighted by Gasteiger charge is -2.27. The summed E-state index contributed by atoms with van der Waals surface area (Å²) in [5, 5.41) is 3.23. The number of halogens is 1. The molecule has 1 saturated heterocycles. The SMILES string of the molecule is CC1(CN)CCN(CC(=O)NC(c2ccc(F)cc2)C2CCCC2)C1. The Bertz CT molecular complexity index is 585. The van der Waals surface area contributed by atoms with E-state index in [-0.39, 0.29) is 23.2 Å². The van der Waals surface area contributed by atoms with E-state index >= 15 is 0 Å². The largest absolute Gasteiger partial charge is 0.348 e. The third kappa shape index (κ3) is 4.59. The van der Waals surface area contributed by atoms with E-state index in [2.05, 4.69) is 17.1 Å². The number of amides is 1. The topological polar surface area (TPSA) is 58.4 Å². The maximum atomic E-state index is 13.3. The Morgan fingerprint density at radius 2 is 2.04 bits per heavy atom. The molecule has 0 spiro atoms. The smallest absolute Gasteiger partial charge is 0.234 e. The first-order valence-electron chi connectivity index (χ1n) is 9.46. The van der Waals surface area contributed by atoms with Crippen LogP contribution in [0.3, 0.4) is 0 Å². The van der Waals surface area contributed by atoms with Gasteiger partial charge in [-0.15, -0.1) is 0 Å². The predicted molar refractivity (Wildman–Crippen MR) is 97.5 cm³/mol. The zero-order chi connectivity index (χ0) is 17.9. The van der Waals surface area contributed by atoms with Gasteiger partial charge in [0.25, 0.3) is 0 Å². The molecule has 1 aromatic rings. The van der Waals surface area contributed by atoms with Gasteiger partial charge in [0.1, 0.15) is 5.82 Å². The molecule has 3 rings (SSSR count). The number of carbonyl (C=O) groups excluding carboxylic acids is 1. The maximum absolute atomic E-state index is 13.3. The Balaban J connectivity index is 1.63. The molecule has 0 aromatic heterocycles. The summed E-state index contributed by atoms with van der Waals surface area (Å²) >= 11 is 0.